The zero-order valence-corrected chi connectivity index (χ0v) is 22.5. The van der Waals surface area contributed by atoms with Crippen molar-refractivity contribution in [2.45, 2.75) is 50.5 Å². The van der Waals surface area contributed by atoms with E-state index < -0.39 is 46.2 Å². The average molecular weight is 562 g/mol. The number of nitrogens with zero attached hydrogens (tertiary/aromatic N) is 2. The van der Waals surface area contributed by atoms with Gasteiger partial charge in [0.05, 0.1) is 16.1 Å². The highest BCUT2D eigenvalue weighted by atomic mass is 32.2. The number of hydrogen-bond donors (Lipinski definition) is 1. The van der Waals surface area contributed by atoms with E-state index in [0.717, 1.165) is 12.1 Å². The highest BCUT2D eigenvalue weighted by Crippen LogP contribution is 2.33. The van der Waals surface area contributed by atoms with Crippen molar-refractivity contribution < 1.29 is 31.2 Å². The van der Waals surface area contributed by atoms with Crippen LogP contribution >= 0.6 is 0 Å². The van der Waals surface area contributed by atoms with Crippen LogP contribution in [-0.2, 0) is 32.3 Å². The molecule has 0 fully saturated rings. The summed E-state index contributed by atoms with van der Waals surface area (Å²) in [6.07, 6.45) is -4.73. The van der Waals surface area contributed by atoms with Gasteiger partial charge in [-0.2, -0.15) is 13.2 Å². The van der Waals surface area contributed by atoms with Crippen molar-refractivity contribution >= 4 is 27.5 Å². The fourth-order valence-electron chi connectivity index (χ4n) is 3.85. The molecule has 0 aliphatic rings. The van der Waals surface area contributed by atoms with E-state index in [1.54, 1.807) is 50.2 Å². The monoisotopic (exact) mass is 561 g/mol. The van der Waals surface area contributed by atoms with Gasteiger partial charge in [-0.15, -0.1) is 0 Å². The molecule has 0 saturated carbocycles. The number of carbonyl (C=O) groups is 2. The zero-order valence-electron chi connectivity index (χ0n) is 21.7. The molecule has 39 heavy (non-hydrogen) atoms. The molecule has 3 aromatic carbocycles. The maximum atomic E-state index is 13.7. The Bertz CT molecular complexity index is 1380. The van der Waals surface area contributed by atoms with Crippen molar-refractivity contribution in [3.8, 4) is 0 Å². The Labute approximate surface area is 226 Å². The third-order valence-corrected chi connectivity index (χ3v) is 7.65. The van der Waals surface area contributed by atoms with E-state index >= 15 is 0 Å². The molecule has 1 atom stereocenters. The molecule has 0 aromatic heterocycles. The van der Waals surface area contributed by atoms with Gasteiger partial charge in [0.25, 0.3) is 10.0 Å². The van der Waals surface area contributed by atoms with Gasteiger partial charge in [-0.1, -0.05) is 54.6 Å². The van der Waals surface area contributed by atoms with E-state index in [-0.39, 0.29) is 23.2 Å². The number of sulfonamides is 1. The topological polar surface area (TPSA) is 86.8 Å². The van der Waals surface area contributed by atoms with E-state index in [2.05, 4.69) is 5.32 Å². The molecule has 0 spiro atoms. The van der Waals surface area contributed by atoms with Crippen molar-refractivity contribution in [1.82, 2.24) is 10.2 Å². The highest BCUT2D eigenvalue weighted by Gasteiger charge is 2.35. The van der Waals surface area contributed by atoms with Crippen LogP contribution in [0.3, 0.4) is 0 Å². The van der Waals surface area contributed by atoms with Crippen molar-refractivity contribution in [3.05, 3.63) is 96.1 Å². The van der Waals surface area contributed by atoms with Gasteiger partial charge in [0, 0.05) is 12.6 Å². The maximum Gasteiger partial charge on any atom is 0.416 e. The van der Waals surface area contributed by atoms with E-state index in [9.17, 15) is 31.2 Å². The Morgan fingerprint density at radius 2 is 1.46 bits per heavy atom. The van der Waals surface area contributed by atoms with Crippen molar-refractivity contribution in [2.75, 3.05) is 10.8 Å². The van der Waals surface area contributed by atoms with Crippen LogP contribution in [0.2, 0.25) is 0 Å². The van der Waals surface area contributed by atoms with Gasteiger partial charge in [0.1, 0.15) is 12.6 Å². The van der Waals surface area contributed by atoms with Crippen molar-refractivity contribution in [3.63, 3.8) is 0 Å². The summed E-state index contributed by atoms with van der Waals surface area (Å²) in [4.78, 5) is 27.6. The summed E-state index contributed by atoms with van der Waals surface area (Å²) in [6.45, 7) is 4.18. The lowest BCUT2D eigenvalue weighted by atomic mass is 10.1. The number of rotatable bonds is 10. The number of benzene rings is 3. The molecule has 0 aliphatic carbocycles. The van der Waals surface area contributed by atoms with E-state index in [0.29, 0.717) is 15.9 Å². The van der Waals surface area contributed by atoms with Crippen molar-refractivity contribution in [2.24, 2.45) is 0 Å². The summed E-state index contributed by atoms with van der Waals surface area (Å²) in [7, 11) is -4.46. The molecule has 3 rings (SSSR count). The van der Waals surface area contributed by atoms with Gasteiger partial charge >= 0.3 is 6.18 Å². The predicted octanol–water partition coefficient (Wildman–Crippen LogP) is 4.84. The lowest BCUT2D eigenvalue weighted by Crippen LogP contribution is -2.52. The Balaban J connectivity index is 2.07. The lowest BCUT2D eigenvalue weighted by molar-refractivity contribution is -0.139. The number of nitrogens with one attached hydrogen (secondary N) is 1. The zero-order chi connectivity index (χ0) is 28.8. The van der Waals surface area contributed by atoms with Crippen LogP contribution in [0.4, 0.5) is 18.9 Å². The van der Waals surface area contributed by atoms with Gasteiger partial charge in [-0.3, -0.25) is 13.9 Å². The SMILES string of the molecule is CC(C)NC(=O)[C@H](C)N(Cc1ccccc1)C(=O)CN(c1cccc(C(F)(F)F)c1)S(=O)(=O)c1ccccc1. The standard InChI is InChI=1S/C28H30F3N3O4S/c1-20(2)32-27(36)21(3)33(18-22-11-6-4-7-12-22)26(35)19-34(39(37,38)25-15-8-5-9-16-25)24-14-10-13-23(17-24)28(29,30)31/h4-17,20-21H,18-19H2,1-3H3,(H,32,36)/t21-/m0/s1. The molecule has 0 heterocycles. The van der Waals surface area contributed by atoms with Gasteiger partial charge < -0.3 is 10.2 Å². The third kappa shape index (κ3) is 7.60. The maximum absolute atomic E-state index is 13.7. The number of halogens is 3. The normalized spacial score (nSPS) is 12.6. The minimum atomic E-state index is -4.73. The first kappa shape index (κ1) is 29.7. The summed E-state index contributed by atoms with van der Waals surface area (Å²) in [6, 6.07) is 18.5. The number of anilines is 1. The van der Waals surface area contributed by atoms with Crippen LogP contribution in [-0.4, -0.2) is 43.8 Å². The molecule has 0 bridgehead atoms. The fraction of sp³-hybridized carbons (Fsp3) is 0.286. The number of carbonyl (C=O) groups excluding carboxylic acids is 2. The largest absolute Gasteiger partial charge is 0.416 e. The Morgan fingerprint density at radius 3 is 2.03 bits per heavy atom. The Hall–Kier alpha value is -3.86. The van der Waals surface area contributed by atoms with Crippen LogP contribution in [0, 0.1) is 0 Å². The molecular formula is C28H30F3N3O4S. The first-order chi connectivity index (χ1) is 18.3. The molecule has 2 amide bonds. The van der Waals surface area contributed by atoms with E-state index in [1.165, 1.54) is 42.2 Å². The van der Waals surface area contributed by atoms with Crippen LogP contribution in [0.5, 0.6) is 0 Å². The number of alkyl halides is 3. The van der Waals surface area contributed by atoms with Gasteiger partial charge in [0.2, 0.25) is 11.8 Å². The van der Waals surface area contributed by atoms with Crippen LogP contribution in [0.1, 0.15) is 31.9 Å². The van der Waals surface area contributed by atoms with E-state index in [1.807, 2.05) is 0 Å². The Kier molecular flexibility index (Phi) is 9.39. The Morgan fingerprint density at radius 1 is 0.872 bits per heavy atom. The second-order valence-electron chi connectivity index (χ2n) is 9.22. The molecule has 11 heteroatoms. The summed E-state index contributed by atoms with van der Waals surface area (Å²) >= 11 is 0. The molecule has 0 saturated heterocycles. The van der Waals surface area contributed by atoms with Crippen LogP contribution in [0.25, 0.3) is 0 Å². The van der Waals surface area contributed by atoms with Crippen LogP contribution < -0.4 is 9.62 Å². The summed E-state index contributed by atoms with van der Waals surface area (Å²) in [5.74, 6) is -1.21. The first-order valence-corrected chi connectivity index (χ1v) is 13.6. The molecule has 7 nitrogen and oxygen atoms in total. The highest BCUT2D eigenvalue weighted by molar-refractivity contribution is 7.92. The predicted molar refractivity (Wildman–Crippen MR) is 142 cm³/mol. The lowest BCUT2D eigenvalue weighted by Gasteiger charge is -2.32. The summed E-state index contributed by atoms with van der Waals surface area (Å²) in [5.41, 5.74) is -0.709. The number of hydrogen-bond acceptors (Lipinski definition) is 4. The quantitative estimate of drug-likeness (QED) is 0.384. The van der Waals surface area contributed by atoms with E-state index in [4.69, 9.17) is 0 Å². The first-order valence-electron chi connectivity index (χ1n) is 12.2. The molecule has 0 radical (unpaired) electrons. The fourth-order valence-corrected chi connectivity index (χ4v) is 5.28. The second kappa shape index (κ2) is 12.3. The minimum absolute atomic E-state index is 0.0197. The van der Waals surface area contributed by atoms with Gasteiger partial charge in [-0.05, 0) is 56.7 Å². The third-order valence-electron chi connectivity index (χ3n) is 5.87. The molecule has 208 valence electrons. The minimum Gasteiger partial charge on any atom is -0.352 e. The molecule has 0 aliphatic heterocycles. The number of amides is 2. The van der Waals surface area contributed by atoms with Crippen LogP contribution in [0.15, 0.2) is 89.8 Å². The summed E-state index contributed by atoms with van der Waals surface area (Å²) in [5, 5.41) is 2.74. The van der Waals surface area contributed by atoms with Gasteiger partial charge in [0.15, 0.2) is 0 Å². The molecule has 0 unspecified atom stereocenters. The molecule has 1 N–H and O–H groups in total. The average Bonchev–Trinajstić information content (AvgIpc) is 2.90. The molecular weight excluding hydrogens is 531 g/mol. The smallest absolute Gasteiger partial charge is 0.352 e. The van der Waals surface area contributed by atoms with Gasteiger partial charge in [-0.25, -0.2) is 8.42 Å². The summed E-state index contributed by atoms with van der Waals surface area (Å²) < 4.78 is 68.4. The second-order valence-corrected chi connectivity index (χ2v) is 11.1. The molecule has 3 aromatic rings. The van der Waals surface area contributed by atoms with Crippen molar-refractivity contribution in [1.29, 1.82) is 0 Å².